The van der Waals surface area contributed by atoms with Crippen LogP contribution in [0, 0.1) is 13.8 Å². The highest BCUT2D eigenvalue weighted by Gasteiger charge is 2.28. The van der Waals surface area contributed by atoms with Crippen LogP contribution in [0.4, 0.5) is 0 Å². The number of guanidine groups is 1. The lowest BCUT2D eigenvalue weighted by Crippen LogP contribution is -2.50. The number of pyridine rings is 1. The molecule has 1 saturated heterocycles. The van der Waals surface area contributed by atoms with Gasteiger partial charge in [-0.1, -0.05) is 6.07 Å². The summed E-state index contributed by atoms with van der Waals surface area (Å²) >= 11 is 2.03. The molecule has 0 aromatic carbocycles. The Morgan fingerprint density at radius 1 is 1.32 bits per heavy atom. The summed E-state index contributed by atoms with van der Waals surface area (Å²) < 4.78 is 2.14. The van der Waals surface area contributed by atoms with Crippen LogP contribution in [0.1, 0.15) is 37.7 Å². The maximum absolute atomic E-state index is 4.86. The highest BCUT2D eigenvalue weighted by atomic mass is 127. The predicted octanol–water partition coefficient (Wildman–Crippen LogP) is 3.80. The van der Waals surface area contributed by atoms with Crippen LogP contribution >= 0.6 is 35.7 Å². The molecule has 1 N–H and O–H groups in total. The van der Waals surface area contributed by atoms with Gasteiger partial charge in [-0.05, 0) is 52.3 Å². The van der Waals surface area contributed by atoms with E-state index in [1.165, 1.54) is 0 Å². The number of nitrogens with zero attached hydrogens (tertiary/aromatic N) is 5. The third-order valence-corrected chi connectivity index (χ3v) is 5.80. The normalized spacial score (nSPS) is 16.6. The summed E-state index contributed by atoms with van der Waals surface area (Å²) in [7, 11) is 0. The minimum atomic E-state index is 0. The zero-order chi connectivity index (χ0) is 19.4. The van der Waals surface area contributed by atoms with Crippen molar-refractivity contribution in [3.05, 3.63) is 41.3 Å². The molecule has 3 heterocycles. The maximum Gasteiger partial charge on any atom is 0.194 e. The summed E-state index contributed by atoms with van der Waals surface area (Å²) in [5.74, 6) is 2.97. The molecule has 0 atom stereocenters. The van der Waals surface area contributed by atoms with Gasteiger partial charge in [-0.3, -0.25) is 0 Å². The quantitative estimate of drug-likeness (QED) is 0.382. The van der Waals surface area contributed by atoms with Crippen LogP contribution in [0.3, 0.4) is 0 Å². The summed E-state index contributed by atoms with van der Waals surface area (Å²) in [6, 6.07) is 6.15. The average molecular weight is 514 g/mol. The SMILES string of the molecule is CCNC(=NCc1ccc(-n2nc(C)cc2C)nc1)N1CCSC(C)(C)C1.I. The van der Waals surface area contributed by atoms with Gasteiger partial charge in [-0.25, -0.2) is 14.7 Å². The number of hydrogen-bond acceptors (Lipinski definition) is 4. The number of rotatable bonds is 4. The van der Waals surface area contributed by atoms with E-state index in [9.17, 15) is 0 Å². The lowest BCUT2D eigenvalue weighted by atomic mass is 10.2. The molecule has 154 valence electrons. The monoisotopic (exact) mass is 514 g/mol. The molecular formula is C20H31IN6S. The molecule has 0 spiro atoms. The van der Waals surface area contributed by atoms with Gasteiger partial charge in [0.25, 0.3) is 0 Å². The molecule has 0 radical (unpaired) electrons. The summed E-state index contributed by atoms with van der Waals surface area (Å²) in [6.07, 6.45) is 1.90. The van der Waals surface area contributed by atoms with Gasteiger partial charge in [0, 0.05) is 42.0 Å². The zero-order valence-corrected chi connectivity index (χ0v) is 20.5. The van der Waals surface area contributed by atoms with E-state index in [1.807, 2.05) is 42.6 Å². The van der Waals surface area contributed by atoms with E-state index in [2.05, 4.69) is 53.2 Å². The second-order valence-corrected chi connectivity index (χ2v) is 9.37. The van der Waals surface area contributed by atoms with Crippen LogP contribution in [0.15, 0.2) is 29.4 Å². The van der Waals surface area contributed by atoms with E-state index in [0.29, 0.717) is 6.54 Å². The first-order valence-corrected chi connectivity index (χ1v) is 10.5. The van der Waals surface area contributed by atoms with Gasteiger partial charge in [0.05, 0.1) is 12.2 Å². The Hall–Kier alpha value is -1.29. The summed E-state index contributed by atoms with van der Waals surface area (Å²) in [5, 5.41) is 7.93. The summed E-state index contributed by atoms with van der Waals surface area (Å²) in [6.45, 7) is 14.3. The van der Waals surface area contributed by atoms with Crippen LogP contribution < -0.4 is 5.32 Å². The number of aryl methyl sites for hydroxylation is 2. The first kappa shape index (κ1) is 23.0. The van der Waals surface area contributed by atoms with Gasteiger partial charge in [-0.2, -0.15) is 16.9 Å². The molecule has 3 rings (SSSR count). The van der Waals surface area contributed by atoms with Crippen molar-refractivity contribution in [2.75, 3.05) is 25.4 Å². The lowest BCUT2D eigenvalue weighted by molar-refractivity contribution is 0.376. The van der Waals surface area contributed by atoms with Crippen molar-refractivity contribution in [1.29, 1.82) is 0 Å². The highest BCUT2D eigenvalue weighted by molar-refractivity contribution is 14.0. The smallest absolute Gasteiger partial charge is 0.194 e. The third kappa shape index (κ3) is 5.85. The Labute approximate surface area is 189 Å². The van der Waals surface area contributed by atoms with Crippen molar-refractivity contribution < 1.29 is 0 Å². The molecule has 6 nitrogen and oxygen atoms in total. The molecule has 0 amide bonds. The van der Waals surface area contributed by atoms with Gasteiger partial charge in [-0.15, -0.1) is 24.0 Å². The molecule has 28 heavy (non-hydrogen) atoms. The van der Waals surface area contributed by atoms with Crippen molar-refractivity contribution in [1.82, 2.24) is 25.0 Å². The lowest BCUT2D eigenvalue weighted by Gasteiger charge is -2.39. The van der Waals surface area contributed by atoms with Crippen molar-refractivity contribution in [3.63, 3.8) is 0 Å². The Balaban J connectivity index is 0.00000280. The van der Waals surface area contributed by atoms with E-state index >= 15 is 0 Å². The topological polar surface area (TPSA) is 58.3 Å². The molecule has 1 aliphatic rings. The van der Waals surface area contributed by atoms with Gasteiger partial charge in [0.15, 0.2) is 11.8 Å². The van der Waals surface area contributed by atoms with Crippen LogP contribution in [-0.2, 0) is 6.54 Å². The minimum absolute atomic E-state index is 0. The van der Waals surface area contributed by atoms with Crippen molar-refractivity contribution in [3.8, 4) is 5.82 Å². The van der Waals surface area contributed by atoms with Crippen LogP contribution in [0.25, 0.3) is 5.82 Å². The van der Waals surface area contributed by atoms with E-state index in [-0.39, 0.29) is 28.7 Å². The Kier molecular flexibility index (Phi) is 8.18. The standard InChI is InChI=1S/C20H30N6S.HI/c1-6-21-19(25-9-10-27-20(4,5)14-25)23-13-17-7-8-18(22-12-17)26-16(3)11-15(2)24-26;/h7-8,11-12H,6,9-10,13-14H2,1-5H3,(H,21,23);1H. The van der Waals surface area contributed by atoms with Crippen LogP contribution in [-0.4, -0.2) is 55.8 Å². The van der Waals surface area contributed by atoms with Crippen LogP contribution in [0.5, 0.6) is 0 Å². The van der Waals surface area contributed by atoms with Crippen molar-refractivity contribution >= 4 is 41.7 Å². The Morgan fingerprint density at radius 2 is 2.11 bits per heavy atom. The number of aromatic nitrogens is 3. The molecule has 8 heteroatoms. The number of thioether (sulfide) groups is 1. The van der Waals surface area contributed by atoms with Crippen molar-refractivity contribution in [2.24, 2.45) is 4.99 Å². The Bertz CT molecular complexity index is 800. The molecule has 2 aromatic rings. The molecule has 0 bridgehead atoms. The summed E-state index contributed by atoms with van der Waals surface area (Å²) in [5.41, 5.74) is 3.19. The third-order valence-electron chi connectivity index (χ3n) is 4.51. The van der Waals surface area contributed by atoms with Crippen molar-refractivity contribution in [2.45, 2.75) is 45.9 Å². The second kappa shape index (κ2) is 9.96. The molecule has 0 saturated carbocycles. The molecule has 0 unspecified atom stereocenters. The van der Waals surface area contributed by atoms with E-state index in [4.69, 9.17) is 4.99 Å². The number of halogens is 1. The first-order valence-electron chi connectivity index (χ1n) is 9.54. The van der Waals surface area contributed by atoms with Gasteiger partial charge < -0.3 is 10.2 Å². The second-order valence-electron chi connectivity index (χ2n) is 7.56. The summed E-state index contributed by atoms with van der Waals surface area (Å²) in [4.78, 5) is 11.8. The zero-order valence-electron chi connectivity index (χ0n) is 17.4. The van der Waals surface area contributed by atoms with Crippen LogP contribution in [0.2, 0.25) is 0 Å². The fourth-order valence-corrected chi connectivity index (χ4v) is 4.40. The Morgan fingerprint density at radius 3 is 2.68 bits per heavy atom. The molecule has 0 aliphatic carbocycles. The molecular weight excluding hydrogens is 483 g/mol. The molecule has 2 aromatic heterocycles. The minimum Gasteiger partial charge on any atom is -0.357 e. The van der Waals surface area contributed by atoms with E-state index < -0.39 is 0 Å². The fraction of sp³-hybridized carbons (Fsp3) is 0.550. The van der Waals surface area contributed by atoms with Gasteiger partial charge >= 0.3 is 0 Å². The highest BCUT2D eigenvalue weighted by Crippen LogP contribution is 2.29. The van der Waals surface area contributed by atoms with E-state index in [0.717, 1.165) is 54.1 Å². The fourth-order valence-electron chi connectivity index (χ4n) is 3.29. The molecule has 1 aliphatic heterocycles. The number of hydrogen-bond donors (Lipinski definition) is 1. The van der Waals surface area contributed by atoms with Gasteiger partial charge in [0.2, 0.25) is 0 Å². The first-order chi connectivity index (χ1) is 12.9. The largest absolute Gasteiger partial charge is 0.357 e. The predicted molar refractivity (Wildman–Crippen MR) is 129 cm³/mol. The maximum atomic E-state index is 4.86. The average Bonchev–Trinajstić information content (AvgIpc) is 2.96. The van der Waals surface area contributed by atoms with E-state index in [1.54, 1.807) is 0 Å². The van der Waals surface area contributed by atoms with Gasteiger partial charge in [0.1, 0.15) is 0 Å². The number of aliphatic imine (C=N–C) groups is 1. The number of nitrogens with one attached hydrogen (secondary N) is 1. The molecule has 1 fully saturated rings.